The molecule has 0 radical (unpaired) electrons. The second-order valence-corrected chi connectivity index (χ2v) is 4.68. The number of ether oxygens (including phenoxy) is 1. The summed E-state index contributed by atoms with van der Waals surface area (Å²) in [4.78, 5) is 15.5. The molecule has 0 bridgehead atoms. The summed E-state index contributed by atoms with van der Waals surface area (Å²) in [6.07, 6.45) is 2.46. The average molecular weight is 303 g/mol. The molecule has 1 aromatic carbocycles. The lowest BCUT2D eigenvalue weighted by molar-refractivity contribution is 0.249. The molecular weight excluding hydrogens is 285 g/mol. The molecule has 2 rings (SSSR count). The predicted molar refractivity (Wildman–Crippen MR) is 82.4 cm³/mol. The van der Waals surface area contributed by atoms with E-state index in [0.717, 1.165) is 17.5 Å². The van der Waals surface area contributed by atoms with Crippen molar-refractivity contribution < 1.29 is 13.9 Å². The van der Waals surface area contributed by atoms with E-state index in [2.05, 4.69) is 15.6 Å². The molecule has 22 heavy (non-hydrogen) atoms. The fourth-order valence-corrected chi connectivity index (χ4v) is 1.96. The van der Waals surface area contributed by atoms with Crippen molar-refractivity contribution in [3.05, 3.63) is 54.1 Å². The smallest absolute Gasteiger partial charge is 0.319 e. The maximum absolute atomic E-state index is 13.4. The van der Waals surface area contributed by atoms with Crippen molar-refractivity contribution in [2.45, 2.75) is 19.9 Å². The Bertz CT molecular complexity index is 649. The van der Waals surface area contributed by atoms with Crippen LogP contribution in [-0.4, -0.2) is 17.6 Å². The Balaban J connectivity index is 1.99. The van der Waals surface area contributed by atoms with E-state index >= 15 is 0 Å². The molecular formula is C16H18FN3O2. The number of rotatable bonds is 5. The van der Waals surface area contributed by atoms with Crippen LogP contribution in [0.3, 0.4) is 0 Å². The van der Waals surface area contributed by atoms with Gasteiger partial charge in [-0.05, 0) is 37.6 Å². The van der Waals surface area contributed by atoms with Gasteiger partial charge in [-0.2, -0.15) is 0 Å². The Morgan fingerprint density at radius 3 is 2.95 bits per heavy atom. The number of nitrogens with one attached hydrogen (secondary N) is 2. The van der Waals surface area contributed by atoms with Gasteiger partial charge in [0.2, 0.25) is 0 Å². The molecule has 5 nitrogen and oxygen atoms in total. The molecule has 0 saturated heterocycles. The summed E-state index contributed by atoms with van der Waals surface area (Å²) in [6.45, 7) is 4.33. The maximum Gasteiger partial charge on any atom is 0.319 e. The predicted octanol–water partition coefficient (Wildman–Crippen LogP) is 3.50. The van der Waals surface area contributed by atoms with E-state index < -0.39 is 11.8 Å². The third-order valence-corrected chi connectivity index (χ3v) is 3.04. The fraction of sp³-hybridized carbons (Fsp3) is 0.250. The van der Waals surface area contributed by atoms with Crippen LogP contribution in [0.1, 0.15) is 25.5 Å². The first-order valence-corrected chi connectivity index (χ1v) is 7.00. The third kappa shape index (κ3) is 4.18. The molecule has 0 saturated carbocycles. The largest absolute Gasteiger partial charge is 0.494 e. The average Bonchev–Trinajstić information content (AvgIpc) is 2.50. The van der Waals surface area contributed by atoms with Crippen molar-refractivity contribution in [1.29, 1.82) is 0 Å². The number of anilines is 1. The van der Waals surface area contributed by atoms with E-state index in [-0.39, 0.29) is 11.7 Å². The van der Waals surface area contributed by atoms with E-state index in [9.17, 15) is 9.18 Å². The van der Waals surface area contributed by atoms with Crippen molar-refractivity contribution >= 4 is 11.7 Å². The van der Waals surface area contributed by atoms with Gasteiger partial charge in [0, 0.05) is 6.20 Å². The Labute approximate surface area is 128 Å². The minimum Gasteiger partial charge on any atom is -0.494 e. The highest BCUT2D eigenvalue weighted by molar-refractivity contribution is 5.89. The topological polar surface area (TPSA) is 63.2 Å². The van der Waals surface area contributed by atoms with Crippen molar-refractivity contribution in [3.63, 3.8) is 0 Å². The van der Waals surface area contributed by atoms with E-state index in [0.29, 0.717) is 6.61 Å². The molecule has 0 aliphatic heterocycles. The van der Waals surface area contributed by atoms with Gasteiger partial charge in [-0.1, -0.05) is 12.1 Å². The first-order chi connectivity index (χ1) is 10.6. The number of benzene rings is 1. The number of amides is 2. The Morgan fingerprint density at radius 1 is 1.41 bits per heavy atom. The number of pyridine rings is 1. The Hall–Kier alpha value is -2.63. The summed E-state index contributed by atoms with van der Waals surface area (Å²) >= 11 is 0. The molecule has 0 spiro atoms. The van der Waals surface area contributed by atoms with Gasteiger partial charge in [-0.3, -0.25) is 4.98 Å². The zero-order chi connectivity index (χ0) is 15.9. The molecule has 1 aromatic heterocycles. The Kier molecular flexibility index (Phi) is 5.30. The number of hydrogen-bond donors (Lipinski definition) is 2. The lowest BCUT2D eigenvalue weighted by atomic mass is 10.1. The monoisotopic (exact) mass is 303 g/mol. The molecule has 1 heterocycles. The van der Waals surface area contributed by atoms with Crippen molar-refractivity contribution in [1.82, 2.24) is 10.3 Å². The van der Waals surface area contributed by atoms with Crippen LogP contribution in [0, 0.1) is 5.82 Å². The second kappa shape index (κ2) is 7.40. The highest BCUT2D eigenvalue weighted by Gasteiger charge is 2.12. The van der Waals surface area contributed by atoms with E-state index in [1.165, 1.54) is 12.3 Å². The minimum atomic E-state index is -0.580. The molecule has 0 aliphatic carbocycles. The highest BCUT2D eigenvalue weighted by Crippen LogP contribution is 2.19. The number of carbonyl (C=O) groups is 1. The summed E-state index contributed by atoms with van der Waals surface area (Å²) in [7, 11) is 0. The van der Waals surface area contributed by atoms with Gasteiger partial charge in [0.25, 0.3) is 0 Å². The standard InChI is InChI=1S/C16H18FN3O2/c1-3-22-13-6-4-5-12(9-13)11(2)19-16(21)20-15-7-8-18-10-14(15)17/h4-11H,3H2,1-2H3,(H2,18,19,20,21). The zero-order valence-corrected chi connectivity index (χ0v) is 12.5. The summed E-state index contributed by atoms with van der Waals surface area (Å²) in [6, 6.07) is 8.13. The second-order valence-electron chi connectivity index (χ2n) is 4.68. The van der Waals surface area contributed by atoms with Crippen LogP contribution in [0.25, 0.3) is 0 Å². The third-order valence-electron chi connectivity index (χ3n) is 3.04. The molecule has 6 heteroatoms. The van der Waals surface area contributed by atoms with Crippen LogP contribution in [-0.2, 0) is 0 Å². The first kappa shape index (κ1) is 15.8. The van der Waals surface area contributed by atoms with Gasteiger partial charge in [-0.15, -0.1) is 0 Å². The van der Waals surface area contributed by atoms with Crippen LogP contribution in [0.5, 0.6) is 5.75 Å². The van der Waals surface area contributed by atoms with Gasteiger partial charge >= 0.3 is 6.03 Å². The van der Waals surface area contributed by atoms with E-state index in [1.54, 1.807) is 0 Å². The number of halogens is 1. The summed E-state index contributed by atoms with van der Waals surface area (Å²) in [5.74, 6) is 0.165. The molecule has 116 valence electrons. The molecule has 2 N–H and O–H groups in total. The summed E-state index contributed by atoms with van der Waals surface area (Å²) in [5.41, 5.74) is 0.985. The van der Waals surface area contributed by atoms with Gasteiger partial charge in [0.15, 0.2) is 5.82 Å². The normalized spacial score (nSPS) is 11.6. The lowest BCUT2D eigenvalue weighted by Gasteiger charge is -2.16. The van der Waals surface area contributed by atoms with Gasteiger partial charge in [0.1, 0.15) is 5.75 Å². The Morgan fingerprint density at radius 2 is 2.23 bits per heavy atom. The molecule has 1 unspecified atom stereocenters. The maximum atomic E-state index is 13.4. The first-order valence-electron chi connectivity index (χ1n) is 7.00. The number of hydrogen-bond acceptors (Lipinski definition) is 3. The van der Waals surface area contributed by atoms with Crippen LogP contribution in [0.15, 0.2) is 42.7 Å². The van der Waals surface area contributed by atoms with Crippen LogP contribution in [0.2, 0.25) is 0 Å². The fourth-order valence-electron chi connectivity index (χ4n) is 1.96. The number of nitrogens with zero attached hydrogens (tertiary/aromatic N) is 1. The quantitative estimate of drug-likeness (QED) is 0.888. The number of aromatic nitrogens is 1. The lowest BCUT2D eigenvalue weighted by Crippen LogP contribution is -2.31. The molecule has 0 aliphatic rings. The van der Waals surface area contributed by atoms with E-state index in [1.807, 2.05) is 38.1 Å². The minimum absolute atomic E-state index is 0.0859. The summed E-state index contributed by atoms with van der Waals surface area (Å²) < 4.78 is 18.9. The zero-order valence-electron chi connectivity index (χ0n) is 12.5. The summed E-state index contributed by atoms with van der Waals surface area (Å²) in [5, 5.41) is 5.20. The number of carbonyl (C=O) groups excluding carboxylic acids is 1. The SMILES string of the molecule is CCOc1cccc(C(C)NC(=O)Nc2ccncc2F)c1. The van der Waals surface area contributed by atoms with Crippen molar-refractivity contribution in [2.24, 2.45) is 0 Å². The van der Waals surface area contributed by atoms with Gasteiger partial charge < -0.3 is 15.4 Å². The van der Waals surface area contributed by atoms with Crippen molar-refractivity contribution in [2.75, 3.05) is 11.9 Å². The molecule has 2 aromatic rings. The van der Waals surface area contributed by atoms with E-state index in [4.69, 9.17) is 4.74 Å². The van der Waals surface area contributed by atoms with Crippen LogP contribution >= 0.6 is 0 Å². The molecule has 0 fully saturated rings. The number of urea groups is 1. The van der Waals surface area contributed by atoms with Gasteiger partial charge in [-0.25, -0.2) is 9.18 Å². The highest BCUT2D eigenvalue weighted by atomic mass is 19.1. The van der Waals surface area contributed by atoms with Crippen molar-refractivity contribution in [3.8, 4) is 5.75 Å². The molecule has 2 amide bonds. The van der Waals surface area contributed by atoms with Crippen LogP contribution in [0.4, 0.5) is 14.9 Å². The van der Waals surface area contributed by atoms with Gasteiger partial charge in [0.05, 0.1) is 24.5 Å². The van der Waals surface area contributed by atoms with Crippen LogP contribution < -0.4 is 15.4 Å². The molecule has 1 atom stereocenters.